The van der Waals surface area contributed by atoms with Gasteiger partial charge in [0.1, 0.15) is 23.9 Å². The van der Waals surface area contributed by atoms with Crippen molar-refractivity contribution >= 4 is 11.8 Å². The van der Waals surface area contributed by atoms with Crippen LogP contribution in [0.1, 0.15) is 53.9 Å². The summed E-state index contributed by atoms with van der Waals surface area (Å²) in [5.41, 5.74) is 1.96. The Morgan fingerprint density at radius 2 is 1.78 bits per heavy atom. The van der Waals surface area contributed by atoms with Crippen LogP contribution in [0.2, 0.25) is 0 Å². The highest BCUT2D eigenvalue weighted by molar-refractivity contribution is 5.95. The molecule has 0 spiro atoms. The lowest BCUT2D eigenvalue weighted by Gasteiger charge is -2.45. The monoisotopic (exact) mass is 565 g/mol. The molecule has 3 aromatic carbocycles. The Bertz CT molecular complexity index is 1480. The van der Waals surface area contributed by atoms with Crippen LogP contribution in [-0.4, -0.2) is 30.0 Å². The van der Waals surface area contributed by atoms with Gasteiger partial charge >= 0.3 is 12.1 Å². The minimum absolute atomic E-state index is 0.00265. The van der Waals surface area contributed by atoms with Gasteiger partial charge in [0.15, 0.2) is 0 Å². The number of carbonyl (C=O) groups excluding carboxylic acids is 2. The first-order chi connectivity index (χ1) is 19.6. The SMILES string of the molecule is COc1ccccc1[C@H]1CC(=O)C2C(C1)NC(C)=C(C(=O)OCc1ccc(C(F)(F)F)cc1)C2c1cccc(O)c1. The largest absolute Gasteiger partial charge is 0.508 e. The van der Waals surface area contributed by atoms with Crippen LogP contribution in [0.5, 0.6) is 11.5 Å². The standard InChI is InChI=1S/C32H30F3NO5/c1-18-28(31(39)41-17-19-10-12-22(13-11-19)32(33,34)35)29(20-6-5-7-23(37)14-20)30-25(36-18)15-21(16-26(30)38)24-8-3-4-9-27(24)40-2/h3-14,21,25,29-30,36-37H,15-17H2,1-2H3/t21-,25?,29?,30?/m1/s1. The third-order valence-corrected chi connectivity index (χ3v) is 7.95. The molecule has 1 heterocycles. The number of aromatic hydroxyl groups is 1. The molecule has 6 nitrogen and oxygen atoms in total. The number of Topliss-reactive ketones (excluding diaryl/α,β-unsaturated/α-hetero) is 1. The Labute approximate surface area is 235 Å². The summed E-state index contributed by atoms with van der Waals surface area (Å²) < 4.78 is 49.9. The number of carbonyl (C=O) groups is 2. The number of para-hydroxylation sites is 1. The van der Waals surface area contributed by atoms with E-state index in [0.717, 1.165) is 17.7 Å². The zero-order chi connectivity index (χ0) is 29.3. The van der Waals surface area contributed by atoms with Gasteiger partial charge in [-0.3, -0.25) is 4.79 Å². The zero-order valence-electron chi connectivity index (χ0n) is 22.6. The van der Waals surface area contributed by atoms with Gasteiger partial charge < -0.3 is 19.9 Å². The third kappa shape index (κ3) is 5.80. The first kappa shape index (κ1) is 28.3. The van der Waals surface area contributed by atoms with Crippen molar-refractivity contribution in [3.05, 3.63) is 106 Å². The van der Waals surface area contributed by atoms with Gasteiger partial charge in [-0.05, 0) is 66.3 Å². The van der Waals surface area contributed by atoms with Crippen LogP contribution in [0.4, 0.5) is 13.2 Å². The molecule has 1 aliphatic heterocycles. The van der Waals surface area contributed by atoms with Crippen LogP contribution in [0, 0.1) is 5.92 Å². The lowest BCUT2D eigenvalue weighted by Crippen LogP contribution is -2.52. The van der Waals surface area contributed by atoms with E-state index in [2.05, 4.69) is 5.32 Å². The minimum Gasteiger partial charge on any atom is -0.508 e. The molecule has 0 saturated heterocycles. The van der Waals surface area contributed by atoms with Crippen LogP contribution in [-0.2, 0) is 27.1 Å². The molecule has 0 bridgehead atoms. The van der Waals surface area contributed by atoms with Gasteiger partial charge in [-0.2, -0.15) is 13.2 Å². The molecule has 0 aromatic heterocycles. The van der Waals surface area contributed by atoms with Crippen molar-refractivity contribution in [2.24, 2.45) is 5.92 Å². The summed E-state index contributed by atoms with van der Waals surface area (Å²) in [6.45, 7) is 1.51. The zero-order valence-corrected chi connectivity index (χ0v) is 22.6. The number of allylic oxidation sites excluding steroid dienone is 1. The van der Waals surface area contributed by atoms with Crippen LogP contribution in [0.15, 0.2) is 84.1 Å². The van der Waals surface area contributed by atoms with E-state index < -0.39 is 29.5 Å². The molecule has 0 radical (unpaired) electrons. The summed E-state index contributed by atoms with van der Waals surface area (Å²) >= 11 is 0. The second-order valence-corrected chi connectivity index (χ2v) is 10.5. The molecule has 41 heavy (non-hydrogen) atoms. The summed E-state index contributed by atoms with van der Waals surface area (Å²) in [4.78, 5) is 27.4. The van der Waals surface area contributed by atoms with Crippen molar-refractivity contribution in [3.63, 3.8) is 0 Å². The van der Waals surface area contributed by atoms with E-state index >= 15 is 0 Å². The molecular weight excluding hydrogens is 535 g/mol. The number of hydrogen-bond acceptors (Lipinski definition) is 6. The third-order valence-electron chi connectivity index (χ3n) is 7.95. The Hall–Kier alpha value is -4.27. The van der Waals surface area contributed by atoms with Crippen molar-refractivity contribution in [3.8, 4) is 11.5 Å². The fourth-order valence-electron chi connectivity index (χ4n) is 6.10. The second kappa shape index (κ2) is 11.3. The number of nitrogens with one attached hydrogen (secondary N) is 1. The number of ether oxygens (including phenoxy) is 2. The molecule has 0 amide bonds. The van der Waals surface area contributed by atoms with E-state index in [-0.39, 0.29) is 42.1 Å². The summed E-state index contributed by atoms with van der Waals surface area (Å²) in [5.74, 6) is -1.36. The predicted molar refractivity (Wildman–Crippen MR) is 145 cm³/mol. The van der Waals surface area contributed by atoms with Crippen molar-refractivity contribution < 1.29 is 37.3 Å². The molecular formula is C32H30F3NO5. The number of benzene rings is 3. The number of methoxy groups -OCH3 is 1. The lowest BCUT2D eigenvalue weighted by molar-refractivity contribution is -0.142. The van der Waals surface area contributed by atoms with Crippen LogP contribution >= 0.6 is 0 Å². The average molecular weight is 566 g/mol. The van der Waals surface area contributed by atoms with E-state index in [4.69, 9.17) is 9.47 Å². The van der Waals surface area contributed by atoms with E-state index in [9.17, 15) is 27.9 Å². The van der Waals surface area contributed by atoms with Gasteiger partial charge in [0, 0.05) is 30.0 Å². The fourth-order valence-corrected chi connectivity index (χ4v) is 6.10. The molecule has 9 heteroatoms. The molecule has 1 fully saturated rings. The van der Waals surface area contributed by atoms with Crippen LogP contribution < -0.4 is 10.1 Å². The normalized spacial score (nSPS) is 22.5. The smallest absolute Gasteiger partial charge is 0.416 e. The van der Waals surface area contributed by atoms with E-state index in [1.807, 2.05) is 24.3 Å². The lowest BCUT2D eigenvalue weighted by atomic mass is 9.64. The first-order valence-electron chi connectivity index (χ1n) is 13.3. The maximum Gasteiger partial charge on any atom is 0.416 e. The molecule has 214 valence electrons. The molecule has 1 aliphatic carbocycles. The fraction of sp³-hybridized carbons (Fsp3) is 0.312. The topological polar surface area (TPSA) is 84.9 Å². The maximum absolute atomic E-state index is 13.8. The number of phenols is 1. The number of halogens is 3. The maximum atomic E-state index is 13.8. The highest BCUT2D eigenvalue weighted by Crippen LogP contribution is 2.48. The van der Waals surface area contributed by atoms with E-state index in [1.165, 1.54) is 18.2 Å². The predicted octanol–water partition coefficient (Wildman–Crippen LogP) is 6.26. The van der Waals surface area contributed by atoms with Crippen LogP contribution in [0.3, 0.4) is 0 Å². The summed E-state index contributed by atoms with van der Waals surface area (Å²) in [7, 11) is 1.60. The van der Waals surface area contributed by atoms with E-state index in [1.54, 1.807) is 32.2 Å². The summed E-state index contributed by atoms with van der Waals surface area (Å²) in [6.07, 6.45) is -3.59. The summed E-state index contributed by atoms with van der Waals surface area (Å²) in [5, 5.41) is 13.6. The van der Waals surface area contributed by atoms with Gasteiger partial charge in [0.05, 0.1) is 18.2 Å². The Kier molecular flexibility index (Phi) is 7.80. The number of ketones is 1. The molecule has 2 N–H and O–H groups in total. The number of alkyl halides is 3. The molecule has 2 aliphatic rings. The molecule has 1 saturated carbocycles. The molecule has 5 rings (SSSR count). The number of rotatable bonds is 6. The van der Waals surface area contributed by atoms with Crippen LogP contribution in [0.25, 0.3) is 0 Å². The summed E-state index contributed by atoms with van der Waals surface area (Å²) in [6, 6.07) is 18.2. The van der Waals surface area contributed by atoms with Gasteiger partial charge in [-0.25, -0.2) is 4.79 Å². The van der Waals surface area contributed by atoms with Crippen molar-refractivity contribution in [2.45, 2.75) is 50.4 Å². The van der Waals surface area contributed by atoms with Gasteiger partial charge in [0.2, 0.25) is 0 Å². The Morgan fingerprint density at radius 1 is 1.05 bits per heavy atom. The molecule has 4 atom stereocenters. The Balaban J connectivity index is 1.45. The average Bonchev–Trinajstić information content (AvgIpc) is 2.94. The number of phenolic OH excluding ortho intramolecular Hbond substituents is 1. The van der Waals surface area contributed by atoms with Gasteiger partial charge in [-0.1, -0.05) is 42.5 Å². The number of fused-ring (bicyclic) bond motifs is 1. The minimum atomic E-state index is -4.47. The van der Waals surface area contributed by atoms with Crippen molar-refractivity contribution in [1.29, 1.82) is 0 Å². The highest BCUT2D eigenvalue weighted by Gasteiger charge is 2.48. The van der Waals surface area contributed by atoms with Gasteiger partial charge in [-0.15, -0.1) is 0 Å². The molecule has 3 aromatic rings. The quantitative estimate of drug-likeness (QED) is 0.344. The van der Waals surface area contributed by atoms with Gasteiger partial charge in [0.25, 0.3) is 0 Å². The molecule has 3 unspecified atom stereocenters. The van der Waals surface area contributed by atoms with E-state index in [0.29, 0.717) is 29.0 Å². The van der Waals surface area contributed by atoms with Crippen molar-refractivity contribution in [2.75, 3.05) is 7.11 Å². The van der Waals surface area contributed by atoms with Crippen molar-refractivity contribution in [1.82, 2.24) is 5.32 Å². The number of esters is 1. The highest BCUT2D eigenvalue weighted by atomic mass is 19.4. The first-order valence-corrected chi connectivity index (χ1v) is 13.3. The Morgan fingerprint density at radius 3 is 2.46 bits per heavy atom. The number of hydrogen-bond donors (Lipinski definition) is 2. The second-order valence-electron chi connectivity index (χ2n) is 10.5.